The Hall–Kier alpha value is -0.797. The predicted octanol–water partition coefficient (Wildman–Crippen LogP) is -5.14. The second kappa shape index (κ2) is 25.2. The molecule has 0 aliphatic heterocycles. The smallest absolute Gasteiger partial charge is 0.677 e. The molecule has 0 amide bonds. The Labute approximate surface area is 269 Å². The third-order valence-corrected chi connectivity index (χ3v) is 5.14. The number of rotatable bonds is 16. The van der Waals surface area contributed by atoms with Crippen LogP contribution in [0.2, 0.25) is 0 Å². The summed E-state index contributed by atoms with van der Waals surface area (Å²) < 4.78 is 0. The maximum atomic E-state index is 10.9. The van der Waals surface area contributed by atoms with E-state index in [-0.39, 0.29) is 101 Å². The minimum Gasteiger partial charge on any atom is -0.677 e. The van der Waals surface area contributed by atoms with Gasteiger partial charge in [0.05, 0.1) is 30.4 Å². The van der Waals surface area contributed by atoms with Crippen LogP contribution in [0.3, 0.4) is 0 Å². The van der Waals surface area contributed by atoms with Crippen molar-refractivity contribution in [1.29, 1.82) is 0 Å². The van der Waals surface area contributed by atoms with Gasteiger partial charge in [-0.15, -0.1) is 0 Å². The maximum Gasteiger partial charge on any atom is 3.00 e. The van der Waals surface area contributed by atoms with E-state index in [1.165, 1.54) is 24.2 Å². The molecule has 1 saturated carbocycles. The molecule has 0 aromatic heterocycles. The number of carbonyl (C=O) groups is 5. The standard InChI is InChI=1S/C14H23N3O10.C7H13N.CH3.Gd.Pt/c18-10(19)5-15(1-3-16(6-11(20)21)7-12(22)23)2-4-17(8-13(24)25)9-14(26)27;1-6-4-2-3-5-7(6)8;;;/h1-9H2,(H,18,19)(H,20,21)(H,22,23)(H,24,25)(H,26,27);6-8H,1-5H2;1H3;;/q;-2;-1;+3;/p-4. The quantitative estimate of drug-likeness (QED) is 0.143. The summed E-state index contributed by atoms with van der Waals surface area (Å²) in [5.41, 5.74) is 7.42. The van der Waals surface area contributed by atoms with Gasteiger partial charge in [-0.2, -0.15) is 12.0 Å². The summed E-state index contributed by atoms with van der Waals surface area (Å²) in [6, 6.07) is 0.142. The fourth-order valence-corrected chi connectivity index (χ4v) is 3.39. The van der Waals surface area contributed by atoms with Crippen LogP contribution >= 0.6 is 0 Å². The fourth-order valence-electron chi connectivity index (χ4n) is 3.39. The monoisotopic (exact) mass is 868 g/mol. The third kappa shape index (κ3) is 25.5. The SMILES string of the molecule is O=C([O-])CN(CCN(CCN(CC(=O)[O-])CC(=O)[O-])CC(=O)O)CC(=O)[O-].[CH2-]C1CCCCC1[NH-].[CH3-].[Gd+3].[Pt]. The molecule has 0 saturated heterocycles. The summed E-state index contributed by atoms with van der Waals surface area (Å²) in [6.07, 6.45) is 4.80. The van der Waals surface area contributed by atoms with Crippen molar-refractivity contribution in [2.45, 2.75) is 31.7 Å². The topological polar surface area (TPSA) is 231 Å². The van der Waals surface area contributed by atoms with Crippen LogP contribution in [0.1, 0.15) is 25.7 Å². The Balaban J connectivity index is -0.000000447. The van der Waals surface area contributed by atoms with Gasteiger partial charge in [-0.05, 0) is 0 Å². The van der Waals surface area contributed by atoms with E-state index in [4.69, 9.17) is 10.8 Å². The summed E-state index contributed by atoms with van der Waals surface area (Å²) >= 11 is 0. The molecular weight excluding hydrogens is 833 g/mol. The van der Waals surface area contributed by atoms with Crippen LogP contribution in [0, 0.1) is 60.2 Å². The number of carboxylic acid groups (broad SMARTS) is 5. The normalized spacial score (nSPS) is 16.2. The van der Waals surface area contributed by atoms with Crippen LogP contribution in [0.25, 0.3) is 5.73 Å². The van der Waals surface area contributed by atoms with Crippen LogP contribution in [-0.4, -0.2) is 115 Å². The van der Waals surface area contributed by atoms with Crippen LogP contribution in [0.5, 0.6) is 0 Å². The van der Waals surface area contributed by atoms with Crippen molar-refractivity contribution < 1.29 is 111 Å². The van der Waals surface area contributed by atoms with E-state index < -0.39 is 62.6 Å². The molecule has 225 valence electrons. The summed E-state index contributed by atoms with van der Waals surface area (Å²) in [6.45, 7) is 0.0394. The molecule has 0 aromatic rings. The molecule has 1 aliphatic carbocycles. The Bertz CT molecular complexity index is 638. The maximum absolute atomic E-state index is 10.9. The van der Waals surface area contributed by atoms with Crippen LogP contribution < -0.4 is 20.4 Å². The molecule has 1 radical (unpaired) electrons. The second-order valence-corrected chi connectivity index (χ2v) is 8.23. The molecule has 1 rings (SSSR count). The fraction of sp³-hybridized carbons (Fsp3) is 0.682. The van der Waals surface area contributed by atoms with Crippen molar-refractivity contribution >= 4 is 29.8 Å². The Morgan fingerprint density at radius 2 is 1.03 bits per heavy atom. The first-order valence-electron chi connectivity index (χ1n) is 11.0. The Kier molecular flexibility index (Phi) is 29.3. The van der Waals surface area contributed by atoms with E-state index in [2.05, 4.69) is 6.92 Å². The Morgan fingerprint density at radius 1 is 0.711 bits per heavy atom. The van der Waals surface area contributed by atoms with Crippen LogP contribution in [-0.2, 0) is 45.0 Å². The minimum atomic E-state index is -1.53. The van der Waals surface area contributed by atoms with E-state index in [0.29, 0.717) is 5.92 Å². The molecule has 38 heavy (non-hydrogen) atoms. The van der Waals surface area contributed by atoms with Crippen molar-refractivity contribution in [2.24, 2.45) is 5.92 Å². The molecular formula is C22H35GdN4O10Pt-4. The van der Waals surface area contributed by atoms with Crippen molar-refractivity contribution in [3.05, 3.63) is 20.1 Å². The van der Waals surface area contributed by atoms with E-state index >= 15 is 0 Å². The van der Waals surface area contributed by atoms with Crippen LogP contribution in [0.15, 0.2) is 0 Å². The first kappa shape index (κ1) is 44.2. The zero-order chi connectivity index (χ0) is 27.0. The summed E-state index contributed by atoms with van der Waals surface area (Å²) in [5.74, 6) is -6.95. The average Bonchev–Trinajstić information content (AvgIpc) is 2.70. The molecule has 1 fully saturated rings. The van der Waals surface area contributed by atoms with E-state index in [1.54, 1.807) is 0 Å². The molecule has 0 spiro atoms. The zero-order valence-corrected chi connectivity index (χ0v) is 25.7. The third-order valence-electron chi connectivity index (χ3n) is 5.14. The van der Waals surface area contributed by atoms with Crippen molar-refractivity contribution in [2.75, 3.05) is 58.9 Å². The Morgan fingerprint density at radius 3 is 1.26 bits per heavy atom. The van der Waals surface area contributed by atoms with Crippen LogP contribution in [0.4, 0.5) is 0 Å². The molecule has 2 N–H and O–H groups in total. The van der Waals surface area contributed by atoms with E-state index in [0.717, 1.165) is 16.2 Å². The number of nitrogens with zero attached hydrogens (tertiary/aromatic N) is 3. The average molecular weight is 868 g/mol. The molecule has 2 atom stereocenters. The predicted molar refractivity (Wildman–Crippen MR) is 119 cm³/mol. The van der Waals surface area contributed by atoms with Crippen molar-refractivity contribution in [1.82, 2.24) is 14.7 Å². The van der Waals surface area contributed by atoms with Gasteiger partial charge in [-0.25, -0.2) is 0 Å². The van der Waals surface area contributed by atoms with Gasteiger partial charge in [0.15, 0.2) is 0 Å². The molecule has 0 bridgehead atoms. The first-order valence-corrected chi connectivity index (χ1v) is 11.0. The minimum absolute atomic E-state index is 0. The largest absolute Gasteiger partial charge is 3.00 e. The van der Waals surface area contributed by atoms with Gasteiger partial charge < -0.3 is 64.8 Å². The van der Waals surface area contributed by atoms with Gasteiger partial charge in [0.1, 0.15) is 0 Å². The van der Waals surface area contributed by atoms with Gasteiger partial charge in [0.25, 0.3) is 0 Å². The summed E-state index contributed by atoms with van der Waals surface area (Å²) in [4.78, 5) is 56.6. The van der Waals surface area contributed by atoms with Gasteiger partial charge in [0.2, 0.25) is 0 Å². The molecule has 0 heterocycles. The zero-order valence-electron chi connectivity index (χ0n) is 21.2. The number of nitrogens with one attached hydrogen (secondary N) is 1. The molecule has 14 nitrogen and oxygen atoms in total. The molecule has 0 aromatic carbocycles. The van der Waals surface area contributed by atoms with Gasteiger partial charge >= 0.3 is 45.9 Å². The van der Waals surface area contributed by atoms with E-state index in [9.17, 15) is 44.4 Å². The number of aliphatic carboxylic acids is 5. The van der Waals surface area contributed by atoms with Gasteiger partial charge in [-0.1, -0.05) is 25.7 Å². The number of hydrogen-bond acceptors (Lipinski definition) is 12. The second-order valence-electron chi connectivity index (χ2n) is 8.23. The van der Waals surface area contributed by atoms with E-state index in [1.807, 2.05) is 0 Å². The van der Waals surface area contributed by atoms with Gasteiger partial charge in [0, 0.05) is 73.4 Å². The summed E-state index contributed by atoms with van der Waals surface area (Å²) in [5, 5.41) is 51.4. The number of carboxylic acids is 5. The number of carbonyl (C=O) groups excluding carboxylic acids is 4. The van der Waals surface area contributed by atoms with Crippen molar-refractivity contribution in [3.8, 4) is 0 Å². The molecule has 1 aliphatic rings. The van der Waals surface area contributed by atoms with Gasteiger partial charge in [-0.3, -0.25) is 19.5 Å². The van der Waals surface area contributed by atoms with Crippen molar-refractivity contribution in [3.63, 3.8) is 0 Å². The first-order chi connectivity index (χ1) is 16.3. The number of hydrogen-bond donors (Lipinski definition) is 1. The molecule has 16 heteroatoms. The summed E-state index contributed by atoms with van der Waals surface area (Å²) in [7, 11) is 0. The molecule has 2 unspecified atom stereocenters.